The number of carbonyl (C=O) groups excluding carboxylic acids is 1. The molecule has 0 atom stereocenters. The van der Waals surface area contributed by atoms with Gasteiger partial charge in [-0.2, -0.15) is 13.2 Å². The van der Waals surface area contributed by atoms with Gasteiger partial charge >= 0.3 is 6.18 Å². The lowest BCUT2D eigenvalue weighted by Crippen LogP contribution is -2.09. The molecule has 2 rings (SSSR count). The molecule has 19 heavy (non-hydrogen) atoms. The van der Waals surface area contributed by atoms with Gasteiger partial charge in [0.2, 0.25) is 5.78 Å². The summed E-state index contributed by atoms with van der Waals surface area (Å²) in [7, 11) is 0. The molecular weight excluding hydrogens is 323 g/mol. The zero-order valence-corrected chi connectivity index (χ0v) is 11.0. The summed E-state index contributed by atoms with van der Waals surface area (Å²) in [4.78, 5) is 15.9. The van der Waals surface area contributed by atoms with Crippen molar-refractivity contribution in [2.24, 2.45) is 0 Å². The molecule has 0 saturated carbocycles. The van der Waals surface area contributed by atoms with E-state index in [2.05, 4.69) is 20.9 Å². The van der Waals surface area contributed by atoms with Crippen LogP contribution in [0.4, 0.5) is 13.2 Å². The quantitative estimate of drug-likeness (QED) is 0.776. The first kappa shape index (κ1) is 13.7. The van der Waals surface area contributed by atoms with E-state index < -0.39 is 17.5 Å². The van der Waals surface area contributed by atoms with Gasteiger partial charge < -0.3 is 0 Å². The van der Waals surface area contributed by atoms with Gasteiger partial charge in [0.05, 0.1) is 5.56 Å². The number of rotatable bonds is 2. The Balaban J connectivity index is 2.37. The van der Waals surface area contributed by atoms with Crippen molar-refractivity contribution in [3.05, 3.63) is 63.9 Å². The zero-order chi connectivity index (χ0) is 14.0. The Morgan fingerprint density at radius 3 is 2.47 bits per heavy atom. The van der Waals surface area contributed by atoms with Crippen LogP contribution in [0.5, 0.6) is 0 Å². The third kappa shape index (κ3) is 3.20. The normalized spacial score (nSPS) is 11.4. The van der Waals surface area contributed by atoms with Gasteiger partial charge in [-0.3, -0.25) is 9.78 Å². The minimum Gasteiger partial charge on any atom is -0.287 e. The highest BCUT2D eigenvalue weighted by Crippen LogP contribution is 2.29. The Morgan fingerprint density at radius 1 is 1.16 bits per heavy atom. The van der Waals surface area contributed by atoms with Crippen molar-refractivity contribution in [3.8, 4) is 0 Å². The predicted molar refractivity (Wildman–Crippen MR) is 66.8 cm³/mol. The molecule has 0 fully saturated rings. The van der Waals surface area contributed by atoms with Gasteiger partial charge in [0.15, 0.2) is 0 Å². The van der Waals surface area contributed by atoms with Crippen LogP contribution in [0.3, 0.4) is 0 Å². The van der Waals surface area contributed by atoms with Gasteiger partial charge in [-0.15, -0.1) is 0 Å². The largest absolute Gasteiger partial charge is 0.416 e. The molecule has 0 spiro atoms. The van der Waals surface area contributed by atoms with E-state index in [1.807, 2.05) is 0 Å². The number of hydrogen-bond acceptors (Lipinski definition) is 2. The summed E-state index contributed by atoms with van der Waals surface area (Å²) < 4.78 is 38.3. The molecule has 2 aromatic rings. The monoisotopic (exact) mass is 329 g/mol. The fraction of sp³-hybridized carbons (Fsp3) is 0.0769. The SMILES string of the molecule is O=C(c1cccc(C(F)(F)F)c1)c1ccc(Br)cn1. The maximum absolute atomic E-state index is 12.6. The summed E-state index contributed by atoms with van der Waals surface area (Å²) in [5.41, 5.74) is -0.789. The van der Waals surface area contributed by atoms with Gasteiger partial charge in [0.1, 0.15) is 5.69 Å². The lowest BCUT2D eigenvalue weighted by molar-refractivity contribution is -0.137. The molecule has 0 aliphatic rings. The van der Waals surface area contributed by atoms with E-state index in [1.54, 1.807) is 6.07 Å². The number of halogens is 4. The second kappa shape index (κ2) is 5.13. The molecule has 1 aromatic heterocycles. The molecule has 6 heteroatoms. The summed E-state index contributed by atoms with van der Waals surface area (Å²) >= 11 is 3.17. The number of pyridine rings is 1. The van der Waals surface area contributed by atoms with Crippen LogP contribution in [0.2, 0.25) is 0 Å². The van der Waals surface area contributed by atoms with Crippen LogP contribution in [0.25, 0.3) is 0 Å². The van der Waals surface area contributed by atoms with Crippen LogP contribution in [-0.4, -0.2) is 10.8 Å². The Bertz CT molecular complexity index is 608. The number of hydrogen-bond donors (Lipinski definition) is 0. The van der Waals surface area contributed by atoms with Crippen LogP contribution in [0.1, 0.15) is 21.6 Å². The molecule has 0 bridgehead atoms. The molecule has 1 heterocycles. The highest BCUT2D eigenvalue weighted by molar-refractivity contribution is 9.10. The lowest BCUT2D eigenvalue weighted by atomic mass is 10.0. The predicted octanol–water partition coefficient (Wildman–Crippen LogP) is 4.09. The highest BCUT2D eigenvalue weighted by Gasteiger charge is 2.31. The van der Waals surface area contributed by atoms with E-state index in [0.29, 0.717) is 4.47 Å². The Kier molecular flexibility index (Phi) is 3.71. The molecule has 0 N–H and O–H groups in total. The van der Waals surface area contributed by atoms with Crippen LogP contribution in [-0.2, 0) is 6.18 Å². The molecule has 1 aromatic carbocycles. The number of benzene rings is 1. The van der Waals surface area contributed by atoms with Crippen molar-refractivity contribution < 1.29 is 18.0 Å². The lowest BCUT2D eigenvalue weighted by Gasteiger charge is -2.08. The first-order valence-electron chi connectivity index (χ1n) is 5.21. The van der Waals surface area contributed by atoms with Crippen LogP contribution < -0.4 is 0 Å². The summed E-state index contributed by atoms with van der Waals surface area (Å²) in [5.74, 6) is -0.543. The van der Waals surface area contributed by atoms with Crippen LogP contribution >= 0.6 is 15.9 Å². The molecule has 2 nitrogen and oxygen atoms in total. The third-order valence-electron chi connectivity index (χ3n) is 2.41. The van der Waals surface area contributed by atoms with Crippen molar-refractivity contribution in [1.82, 2.24) is 4.98 Å². The molecular formula is C13H7BrF3NO. The molecule has 0 radical (unpaired) electrons. The minimum absolute atomic E-state index is 0.0374. The average molecular weight is 330 g/mol. The number of nitrogens with zero attached hydrogens (tertiary/aromatic N) is 1. The number of aromatic nitrogens is 1. The van der Waals surface area contributed by atoms with Crippen molar-refractivity contribution in [2.75, 3.05) is 0 Å². The van der Waals surface area contributed by atoms with E-state index in [-0.39, 0.29) is 11.3 Å². The van der Waals surface area contributed by atoms with Gasteiger partial charge in [-0.1, -0.05) is 12.1 Å². The smallest absolute Gasteiger partial charge is 0.287 e. The first-order chi connectivity index (χ1) is 8.88. The van der Waals surface area contributed by atoms with Gasteiger partial charge in [0.25, 0.3) is 0 Å². The molecule has 0 unspecified atom stereocenters. The minimum atomic E-state index is -4.47. The maximum atomic E-state index is 12.6. The fourth-order valence-corrected chi connectivity index (χ4v) is 1.73. The number of carbonyl (C=O) groups is 1. The molecule has 98 valence electrons. The van der Waals surface area contributed by atoms with E-state index in [4.69, 9.17) is 0 Å². The van der Waals surface area contributed by atoms with E-state index >= 15 is 0 Å². The van der Waals surface area contributed by atoms with Crippen molar-refractivity contribution in [3.63, 3.8) is 0 Å². The second-order valence-corrected chi connectivity index (χ2v) is 4.69. The van der Waals surface area contributed by atoms with Gasteiger partial charge in [-0.25, -0.2) is 0 Å². The van der Waals surface area contributed by atoms with Crippen molar-refractivity contribution >= 4 is 21.7 Å². The van der Waals surface area contributed by atoms with Crippen molar-refractivity contribution in [2.45, 2.75) is 6.18 Å². The van der Waals surface area contributed by atoms with E-state index in [0.717, 1.165) is 12.1 Å². The summed E-state index contributed by atoms with van der Waals surface area (Å²) in [6, 6.07) is 7.34. The standard InChI is InChI=1S/C13H7BrF3NO/c14-10-4-5-11(18-7-10)12(19)8-2-1-3-9(6-8)13(15,16)17/h1-7H. The first-order valence-corrected chi connectivity index (χ1v) is 6.01. The van der Waals surface area contributed by atoms with Crippen molar-refractivity contribution in [1.29, 1.82) is 0 Å². The molecule has 0 saturated heterocycles. The van der Waals surface area contributed by atoms with Crippen LogP contribution in [0.15, 0.2) is 47.1 Å². The third-order valence-corrected chi connectivity index (χ3v) is 2.88. The fourth-order valence-electron chi connectivity index (χ4n) is 1.49. The average Bonchev–Trinajstić information content (AvgIpc) is 2.38. The van der Waals surface area contributed by atoms with Gasteiger partial charge in [-0.05, 0) is 40.2 Å². The number of ketones is 1. The topological polar surface area (TPSA) is 30.0 Å². The molecule has 0 aliphatic heterocycles. The Hall–Kier alpha value is -1.69. The summed E-state index contributed by atoms with van der Waals surface area (Å²) in [6.45, 7) is 0. The van der Waals surface area contributed by atoms with Gasteiger partial charge in [0, 0.05) is 16.2 Å². The Morgan fingerprint density at radius 2 is 1.89 bits per heavy atom. The second-order valence-electron chi connectivity index (χ2n) is 3.77. The van der Waals surface area contributed by atoms with E-state index in [1.165, 1.54) is 24.4 Å². The Labute approximate surface area is 115 Å². The zero-order valence-electron chi connectivity index (χ0n) is 9.41. The summed E-state index contributed by atoms with van der Waals surface area (Å²) in [5, 5.41) is 0. The van der Waals surface area contributed by atoms with Crippen LogP contribution in [0, 0.1) is 0 Å². The summed E-state index contributed by atoms with van der Waals surface area (Å²) in [6.07, 6.45) is -3.05. The highest BCUT2D eigenvalue weighted by atomic mass is 79.9. The molecule has 0 amide bonds. The maximum Gasteiger partial charge on any atom is 0.416 e. The molecule has 0 aliphatic carbocycles. The van der Waals surface area contributed by atoms with E-state index in [9.17, 15) is 18.0 Å². The number of alkyl halides is 3.